The van der Waals surface area contributed by atoms with Crippen molar-refractivity contribution in [3.8, 4) is 0 Å². The van der Waals surface area contributed by atoms with Gasteiger partial charge in [0.1, 0.15) is 5.60 Å². The van der Waals surface area contributed by atoms with Gasteiger partial charge in [-0.3, -0.25) is 4.79 Å². The van der Waals surface area contributed by atoms with E-state index in [-0.39, 0.29) is 18.0 Å². The second-order valence-corrected chi connectivity index (χ2v) is 7.63. The smallest absolute Gasteiger partial charge is 0.410 e. The van der Waals surface area contributed by atoms with Crippen LogP contribution in [0.25, 0.3) is 0 Å². The molecule has 0 aliphatic carbocycles. The molecule has 0 unspecified atom stereocenters. The molecule has 2 amide bonds. The van der Waals surface area contributed by atoms with Crippen molar-refractivity contribution in [2.45, 2.75) is 45.8 Å². The number of rotatable bonds is 2. The summed E-state index contributed by atoms with van der Waals surface area (Å²) in [5.41, 5.74) is 0.508. The summed E-state index contributed by atoms with van der Waals surface area (Å²) < 4.78 is 5.39. The Morgan fingerprint density at radius 2 is 2.09 bits per heavy atom. The Kier molecular flexibility index (Phi) is 4.80. The van der Waals surface area contributed by atoms with E-state index in [4.69, 9.17) is 4.74 Å². The van der Waals surface area contributed by atoms with E-state index >= 15 is 0 Å². The van der Waals surface area contributed by atoms with E-state index < -0.39 is 5.60 Å². The van der Waals surface area contributed by atoms with E-state index in [1.54, 1.807) is 9.80 Å². The van der Waals surface area contributed by atoms with Crippen LogP contribution in [0.1, 0.15) is 42.4 Å². The van der Waals surface area contributed by atoms with E-state index in [0.29, 0.717) is 13.1 Å². The highest BCUT2D eigenvalue weighted by atomic mass is 32.1. The van der Waals surface area contributed by atoms with Gasteiger partial charge < -0.3 is 14.5 Å². The largest absolute Gasteiger partial charge is 0.444 e. The molecule has 0 bridgehead atoms. The molecule has 2 rings (SSSR count). The first-order chi connectivity index (χ1) is 10.2. The molecular formula is C16H24N2O3S. The first-order valence-electron chi connectivity index (χ1n) is 7.48. The Bertz CT molecular complexity index is 562. The number of ether oxygens (including phenoxy) is 1. The van der Waals surface area contributed by atoms with Gasteiger partial charge in [0.25, 0.3) is 5.91 Å². The number of hydrogen-bond donors (Lipinski definition) is 0. The van der Waals surface area contributed by atoms with Crippen LogP contribution in [-0.4, -0.2) is 53.6 Å². The van der Waals surface area contributed by atoms with Crippen LogP contribution in [-0.2, 0) is 4.74 Å². The van der Waals surface area contributed by atoms with Gasteiger partial charge in [-0.05, 0) is 51.1 Å². The summed E-state index contributed by atoms with van der Waals surface area (Å²) in [4.78, 5) is 28.8. The Morgan fingerprint density at radius 3 is 2.64 bits per heavy atom. The number of hydrogen-bond acceptors (Lipinski definition) is 4. The molecule has 1 aliphatic heterocycles. The Morgan fingerprint density at radius 1 is 1.41 bits per heavy atom. The van der Waals surface area contributed by atoms with Crippen LogP contribution in [0.5, 0.6) is 0 Å². The highest BCUT2D eigenvalue weighted by molar-refractivity contribution is 7.12. The van der Waals surface area contributed by atoms with Crippen molar-refractivity contribution in [3.05, 3.63) is 21.9 Å². The molecule has 5 nitrogen and oxygen atoms in total. The lowest BCUT2D eigenvalue weighted by Crippen LogP contribution is -2.41. The maximum absolute atomic E-state index is 12.5. The lowest BCUT2D eigenvalue weighted by molar-refractivity contribution is 0.0279. The van der Waals surface area contributed by atoms with Crippen LogP contribution >= 0.6 is 11.3 Å². The maximum Gasteiger partial charge on any atom is 0.410 e. The summed E-state index contributed by atoms with van der Waals surface area (Å²) in [6, 6.07) is 1.99. The van der Waals surface area contributed by atoms with Crippen molar-refractivity contribution in [2.24, 2.45) is 0 Å². The minimum absolute atomic E-state index is 0.0311. The minimum Gasteiger partial charge on any atom is -0.444 e. The van der Waals surface area contributed by atoms with Crippen molar-refractivity contribution in [1.82, 2.24) is 9.80 Å². The first-order valence-corrected chi connectivity index (χ1v) is 8.36. The number of likely N-dealkylation sites (tertiary alicyclic amines) is 1. The molecule has 0 spiro atoms. The van der Waals surface area contributed by atoms with Crippen molar-refractivity contribution in [1.29, 1.82) is 0 Å². The van der Waals surface area contributed by atoms with E-state index in [0.717, 1.165) is 16.9 Å². The lowest BCUT2D eigenvalue weighted by Gasteiger charge is -2.26. The number of thiophene rings is 1. The predicted molar refractivity (Wildman–Crippen MR) is 87.4 cm³/mol. The normalized spacial score (nSPS) is 18.4. The average Bonchev–Trinajstić information content (AvgIpc) is 3.03. The molecule has 0 radical (unpaired) electrons. The van der Waals surface area contributed by atoms with Gasteiger partial charge in [-0.1, -0.05) is 0 Å². The monoisotopic (exact) mass is 324 g/mol. The Labute approximate surface area is 135 Å². The fraction of sp³-hybridized carbons (Fsp3) is 0.625. The van der Waals surface area contributed by atoms with Gasteiger partial charge in [0.05, 0.1) is 10.9 Å². The molecule has 1 aromatic heterocycles. The second-order valence-electron chi connectivity index (χ2n) is 6.72. The Balaban J connectivity index is 1.97. The van der Waals surface area contributed by atoms with Gasteiger partial charge in [-0.15, -0.1) is 11.3 Å². The fourth-order valence-corrected chi connectivity index (χ4v) is 3.38. The van der Waals surface area contributed by atoms with Crippen LogP contribution in [0.15, 0.2) is 11.4 Å². The summed E-state index contributed by atoms with van der Waals surface area (Å²) in [5, 5.41) is 1.93. The van der Waals surface area contributed by atoms with Crippen LogP contribution in [0.2, 0.25) is 0 Å². The predicted octanol–water partition coefficient (Wildman–Crippen LogP) is 3.14. The zero-order valence-electron chi connectivity index (χ0n) is 13.9. The number of aryl methyl sites for hydroxylation is 1. The summed E-state index contributed by atoms with van der Waals surface area (Å²) in [5.74, 6) is 0.0311. The molecule has 0 N–H and O–H groups in total. The van der Waals surface area contributed by atoms with Gasteiger partial charge in [-0.2, -0.15) is 0 Å². The SMILES string of the molecule is Cc1ccsc1C(=O)N(C)[C@H]1CCN(C(=O)OC(C)(C)C)C1. The molecule has 2 heterocycles. The second kappa shape index (κ2) is 6.28. The van der Waals surface area contributed by atoms with E-state index in [1.807, 2.05) is 46.2 Å². The zero-order chi connectivity index (χ0) is 16.5. The van der Waals surface area contributed by atoms with Crippen LogP contribution in [0.4, 0.5) is 4.79 Å². The Hall–Kier alpha value is -1.56. The fourth-order valence-electron chi connectivity index (χ4n) is 2.47. The first kappa shape index (κ1) is 16.8. The van der Waals surface area contributed by atoms with Gasteiger partial charge >= 0.3 is 6.09 Å². The van der Waals surface area contributed by atoms with Crippen LogP contribution < -0.4 is 0 Å². The van der Waals surface area contributed by atoms with Crippen LogP contribution in [0.3, 0.4) is 0 Å². The number of carbonyl (C=O) groups is 2. The highest BCUT2D eigenvalue weighted by Crippen LogP contribution is 2.22. The molecule has 1 saturated heterocycles. The van der Waals surface area contributed by atoms with E-state index in [1.165, 1.54) is 11.3 Å². The van der Waals surface area contributed by atoms with Gasteiger partial charge in [0, 0.05) is 20.1 Å². The van der Waals surface area contributed by atoms with E-state index in [2.05, 4.69) is 0 Å². The molecule has 1 fully saturated rings. The van der Waals surface area contributed by atoms with Gasteiger partial charge in [0.2, 0.25) is 0 Å². The van der Waals surface area contributed by atoms with Crippen molar-refractivity contribution in [3.63, 3.8) is 0 Å². The van der Waals surface area contributed by atoms with Gasteiger partial charge in [-0.25, -0.2) is 4.79 Å². The standard InChI is InChI=1S/C16H24N2O3S/c1-11-7-9-22-13(11)14(19)17(5)12-6-8-18(10-12)15(20)21-16(2,3)4/h7,9,12H,6,8,10H2,1-5H3/t12-/m0/s1. The third-order valence-electron chi connectivity index (χ3n) is 3.74. The number of nitrogens with zero attached hydrogens (tertiary/aromatic N) is 2. The molecule has 6 heteroatoms. The molecule has 122 valence electrons. The minimum atomic E-state index is -0.495. The molecule has 0 aromatic carbocycles. The molecule has 1 aromatic rings. The number of carbonyl (C=O) groups excluding carboxylic acids is 2. The summed E-state index contributed by atoms with van der Waals surface area (Å²) in [6.45, 7) is 8.66. The molecule has 1 aliphatic rings. The summed E-state index contributed by atoms with van der Waals surface area (Å²) in [6.07, 6.45) is 0.481. The van der Waals surface area contributed by atoms with Crippen molar-refractivity contribution >= 4 is 23.3 Å². The number of likely N-dealkylation sites (N-methyl/N-ethyl adjacent to an activating group) is 1. The third kappa shape index (κ3) is 3.80. The van der Waals surface area contributed by atoms with E-state index in [9.17, 15) is 9.59 Å². The lowest BCUT2D eigenvalue weighted by atomic mass is 10.2. The quantitative estimate of drug-likeness (QED) is 0.840. The van der Waals surface area contributed by atoms with Gasteiger partial charge in [0.15, 0.2) is 0 Å². The molecular weight excluding hydrogens is 300 g/mol. The average molecular weight is 324 g/mol. The van der Waals surface area contributed by atoms with Crippen molar-refractivity contribution < 1.29 is 14.3 Å². The van der Waals surface area contributed by atoms with Crippen molar-refractivity contribution in [2.75, 3.05) is 20.1 Å². The highest BCUT2D eigenvalue weighted by Gasteiger charge is 2.33. The topological polar surface area (TPSA) is 49.9 Å². The summed E-state index contributed by atoms with van der Waals surface area (Å²) >= 11 is 1.46. The summed E-state index contributed by atoms with van der Waals surface area (Å²) in [7, 11) is 1.81. The maximum atomic E-state index is 12.5. The zero-order valence-corrected chi connectivity index (χ0v) is 14.7. The molecule has 1 atom stereocenters. The molecule has 22 heavy (non-hydrogen) atoms. The number of amides is 2. The van der Waals surface area contributed by atoms with Crippen LogP contribution in [0, 0.1) is 6.92 Å². The molecule has 0 saturated carbocycles. The third-order valence-corrected chi connectivity index (χ3v) is 4.74.